The second-order valence-corrected chi connectivity index (χ2v) is 8.01. The number of aryl methyl sites for hydroxylation is 1. The van der Waals surface area contributed by atoms with Crippen molar-refractivity contribution >= 4 is 29.2 Å². The number of nitrogens with one attached hydrogen (secondary N) is 2. The van der Waals surface area contributed by atoms with Gasteiger partial charge in [-0.1, -0.05) is 0 Å². The first-order valence-electron chi connectivity index (χ1n) is 8.59. The Morgan fingerprint density at radius 3 is 2.67 bits per heavy atom. The van der Waals surface area contributed by atoms with Crippen LogP contribution in [0.5, 0.6) is 5.75 Å². The molecule has 0 aliphatic carbocycles. The molecule has 0 spiro atoms. The summed E-state index contributed by atoms with van der Waals surface area (Å²) >= 11 is 1.44. The van der Waals surface area contributed by atoms with Crippen molar-refractivity contribution in [3.05, 3.63) is 51.2 Å². The third-order valence-corrected chi connectivity index (χ3v) is 6.17. The van der Waals surface area contributed by atoms with Crippen molar-refractivity contribution in [2.75, 3.05) is 20.2 Å². The van der Waals surface area contributed by atoms with Crippen LogP contribution in [0.3, 0.4) is 0 Å². The molecule has 2 N–H and O–H groups in total. The number of carbonyl (C=O) groups excluding carboxylic acids is 3. The summed E-state index contributed by atoms with van der Waals surface area (Å²) in [6.07, 6.45) is 0.660. The molecule has 1 aromatic heterocycles. The number of methoxy groups -OCH3 is 1. The molecular formula is C19H19N3O4S. The minimum Gasteiger partial charge on any atom is -0.497 e. The number of fused-ring (bicyclic) bond motifs is 1. The third-order valence-electron chi connectivity index (χ3n) is 5.01. The Labute approximate surface area is 160 Å². The first-order valence-corrected chi connectivity index (χ1v) is 9.41. The number of thiophene rings is 1. The molecule has 1 saturated heterocycles. The number of hydrogen-bond donors (Lipinski definition) is 2. The Bertz CT molecular complexity index is 954. The summed E-state index contributed by atoms with van der Waals surface area (Å²) in [4.78, 5) is 41.0. The lowest BCUT2D eigenvalue weighted by atomic mass is 9.93. The van der Waals surface area contributed by atoms with Gasteiger partial charge in [-0.2, -0.15) is 0 Å². The minimum absolute atomic E-state index is 0.0921. The van der Waals surface area contributed by atoms with Crippen LogP contribution >= 0.6 is 11.3 Å². The molecule has 4 rings (SSSR count). The van der Waals surface area contributed by atoms with Gasteiger partial charge in [0.05, 0.1) is 13.7 Å². The van der Waals surface area contributed by atoms with Crippen LogP contribution in [0.4, 0.5) is 4.79 Å². The van der Waals surface area contributed by atoms with E-state index >= 15 is 0 Å². The van der Waals surface area contributed by atoms with E-state index in [0.717, 1.165) is 15.3 Å². The fourth-order valence-corrected chi connectivity index (χ4v) is 4.60. The molecule has 8 heteroatoms. The molecule has 2 aliphatic heterocycles. The van der Waals surface area contributed by atoms with Gasteiger partial charge in [-0.15, -0.1) is 11.3 Å². The summed E-state index contributed by atoms with van der Waals surface area (Å²) in [5.74, 6) is 0.131. The molecule has 1 unspecified atom stereocenters. The number of ether oxygens (including phenoxy) is 1. The third kappa shape index (κ3) is 2.86. The Kier molecular flexibility index (Phi) is 4.15. The number of carbonyl (C=O) groups is 3. The predicted molar refractivity (Wildman–Crippen MR) is 100 cm³/mol. The van der Waals surface area contributed by atoms with Crippen molar-refractivity contribution in [1.82, 2.24) is 15.5 Å². The molecule has 27 heavy (non-hydrogen) atoms. The largest absolute Gasteiger partial charge is 0.497 e. The second kappa shape index (κ2) is 6.38. The number of rotatable bonds is 4. The number of nitrogens with zero attached hydrogens (tertiary/aromatic N) is 1. The fourth-order valence-electron chi connectivity index (χ4n) is 3.60. The van der Waals surface area contributed by atoms with E-state index in [2.05, 4.69) is 10.6 Å². The number of amides is 4. The van der Waals surface area contributed by atoms with Gasteiger partial charge in [0.2, 0.25) is 0 Å². The zero-order chi connectivity index (χ0) is 19.2. The van der Waals surface area contributed by atoms with E-state index in [0.29, 0.717) is 24.3 Å². The van der Waals surface area contributed by atoms with Crippen molar-refractivity contribution < 1.29 is 19.1 Å². The van der Waals surface area contributed by atoms with Gasteiger partial charge in [0.15, 0.2) is 5.54 Å². The monoisotopic (exact) mass is 385 g/mol. The van der Waals surface area contributed by atoms with E-state index in [9.17, 15) is 14.4 Å². The molecule has 3 heterocycles. The van der Waals surface area contributed by atoms with E-state index in [1.54, 1.807) is 24.1 Å². The van der Waals surface area contributed by atoms with E-state index in [1.807, 2.05) is 25.1 Å². The Hall–Kier alpha value is -2.87. The molecular weight excluding hydrogens is 366 g/mol. The average Bonchev–Trinajstić information content (AvgIpc) is 3.20. The Balaban J connectivity index is 1.67. The van der Waals surface area contributed by atoms with Crippen LogP contribution in [0.15, 0.2) is 30.3 Å². The van der Waals surface area contributed by atoms with Crippen molar-refractivity contribution in [3.8, 4) is 5.75 Å². The highest BCUT2D eigenvalue weighted by Gasteiger charge is 2.50. The van der Waals surface area contributed by atoms with Gasteiger partial charge in [0.25, 0.3) is 11.8 Å². The molecule has 0 saturated carbocycles. The predicted octanol–water partition coefficient (Wildman–Crippen LogP) is 1.80. The van der Waals surface area contributed by atoms with Gasteiger partial charge in [0, 0.05) is 21.9 Å². The van der Waals surface area contributed by atoms with Crippen LogP contribution in [0.1, 0.15) is 25.7 Å². The van der Waals surface area contributed by atoms with E-state index in [1.165, 1.54) is 11.3 Å². The Morgan fingerprint density at radius 1 is 1.22 bits per heavy atom. The van der Waals surface area contributed by atoms with E-state index in [4.69, 9.17) is 4.74 Å². The number of benzene rings is 1. The lowest BCUT2D eigenvalue weighted by Crippen LogP contribution is -2.54. The lowest BCUT2D eigenvalue weighted by Gasteiger charge is -2.35. The molecule has 1 fully saturated rings. The highest BCUT2D eigenvalue weighted by Crippen LogP contribution is 2.33. The summed E-state index contributed by atoms with van der Waals surface area (Å²) in [5.41, 5.74) is 0.274. The summed E-state index contributed by atoms with van der Waals surface area (Å²) in [5, 5.41) is 5.07. The molecule has 0 radical (unpaired) electrons. The smallest absolute Gasteiger partial charge is 0.322 e. The van der Waals surface area contributed by atoms with Crippen molar-refractivity contribution in [2.45, 2.75) is 18.9 Å². The first kappa shape index (κ1) is 17.5. The summed E-state index contributed by atoms with van der Waals surface area (Å²) < 4.78 is 5.23. The number of imide groups is 1. The van der Waals surface area contributed by atoms with Gasteiger partial charge >= 0.3 is 6.03 Å². The first-order chi connectivity index (χ1) is 12.9. The average molecular weight is 385 g/mol. The molecule has 0 bridgehead atoms. The van der Waals surface area contributed by atoms with Crippen molar-refractivity contribution in [3.63, 3.8) is 0 Å². The SMILES string of the molecule is COc1ccc2c(c1)CCN(CC1(c3ccc(C)s3)NC(=O)NC1=O)C2=O. The Morgan fingerprint density at radius 2 is 2.04 bits per heavy atom. The van der Waals surface area contributed by atoms with Gasteiger partial charge in [0.1, 0.15) is 5.75 Å². The maximum Gasteiger partial charge on any atom is 0.322 e. The highest BCUT2D eigenvalue weighted by molar-refractivity contribution is 7.12. The van der Waals surface area contributed by atoms with Gasteiger partial charge in [-0.3, -0.25) is 14.9 Å². The van der Waals surface area contributed by atoms with E-state index in [-0.39, 0.29) is 12.5 Å². The zero-order valence-electron chi connectivity index (χ0n) is 15.0. The van der Waals surface area contributed by atoms with E-state index < -0.39 is 17.5 Å². The van der Waals surface area contributed by atoms with Gasteiger partial charge in [-0.25, -0.2) is 4.79 Å². The summed E-state index contributed by atoms with van der Waals surface area (Å²) in [7, 11) is 1.59. The summed E-state index contributed by atoms with van der Waals surface area (Å²) in [6, 6.07) is 8.56. The number of hydrogen-bond acceptors (Lipinski definition) is 5. The van der Waals surface area contributed by atoms with Crippen LogP contribution in [0.25, 0.3) is 0 Å². The van der Waals surface area contributed by atoms with Gasteiger partial charge < -0.3 is 15.0 Å². The second-order valence-electron chi connectivity index (χ2n) is 6.72. The maximum atomic E-state index is 13.0. The maximum absolute atomic E-state index is 13.0. The quantitative estimate of drug-likeness (QED) is 0.786. The topological polar surface area (TPSA) is 87.7 Å². The van der Waals surface area contributed by atoms with Crippen molar-refractivity contribution in [2.24, 2.45) is 0 Å². The molecule has 4 amide bonds. The van der Waals surface area contributed by atoms with Crippen LogP contribution in [0, 0.1) is 6.92 Å². The fraction of sp³-hybridized carbons (Fsp3) is 0.316. The van der Waals surface area contributed by atoms with Crippen LogP contribution in [-0.2, 0) is 16.8 Å². The minimum atomic E-state index is -1.25. The standard InChI is InChI=1S/C19H19N3O4S/c1-11-3-6-15(27-11)19(17(24)20-18(25)21-19)10-22-8-7-12-9-13(26-2)4-5-14(12)16(22)23/h3-6,9H,7-8,10H2,1-2H3,(H2,20,21,24,25). The molecule has 1 aromatic carbocycles. The molecule has 7 nitrogen and oxygen atoms in total. The van der Waals surface area contributed by atoms with Gasteiger partial charge in [-0.05, 0) is 49.2 Å². The summed E-state index contributed by atoms with van der Waals surface area (Å²) in [6.45, 7) is 2.50. The molecule has 2 aliphatic rings. The molecule has 1 atom stereocenters. The molecule has 2 aromatic rings. The molecule has 140 valence electrons. The lowest BCUT2D eigenvalue weighted by molar-refractivity contribution is -0.124. The van der Waals surface area contributed by atoms with Crippen LogP contribution < -0.4 is 15.4 Å². The normalized spacial score (nSPS) is 21.7. The van der Waals surface area contributed by atoms with Crippen LogP contribution in [-0.4, -0.2) is 42.9 Å². The van der Waals surface area contributed by atoms with Crippen molar-refractivity contribution in [1.29, 1.82) is 0 Å². The van der Waals surface area contributed by atoms with Crippen LogP contribution in [0.2, 0.25) is 0 Å². The number of urea groups is 1. The zero-order valence-corrected chi connectivity index (χ0v) is 15.8. The highest BCUT2D eigenvalue weighted by atomic mass is 32.1.